The van der Waals surface area contributed by atoms with Crippen LogP contribution in [0.25, 0.3) is 0 Å². The normalized spacial score (nSPS) is 17.8. The monoisotopic (exact) mass is 301 g/mol. The zero-order valence-electron chi connectivity index (χ0n) is 11.4. The number of carbonyl (C=O) groups excluding carboxylic acids is 1. The first-order valence-electron chi connectivity index (χ1n) is 6.57. The van der Waals surface area contributed by atoms with Gasteiger partial charge in [0, 0.05) is 32.7 Å². The van der Waals surface area contributed by atoms with Crippen LogP contribution in [0.2, 0.25) is 0 Å². The molecule has 0 aliphatic carbocycles. The van der Waals surface area contributed by atoms with Crippen LogP contribution in [-0.2, 0) is 10.0 Å². The summed E-state index contributed by atoms with van der Waals surface area (Å²) in [5.41, 5.74) is 0. The molecular weight excluding hydrogens is 282 g/mol. The second-order valence-electron chi connectivity index (χ2n) is 4.50. The van der Waals surface area contributed by atoms with Gasteiger partial charge in [0.2, 0.25) is 0 Å². The molecule has 1 aromatic heterocycles. The Morgan fingerprint density at radius 2 is 2.20 bits per heavy atom. The van der Waals surface area contributed by atoms with E-state index in [1.54, 1.807) is 4.90 Å². The highest BCUT2D eigenvalue weighted by molar-refractivity contribution is 7.89. The Hall–Kier alpha value is -1.61. The van der Waals surface area contributed by atoms with Crippen molar-refractivity contribution < 1.29 is 13.2 Å². The van der Waals surface area contributed by atoms with Gasteiger partial charge in [-0.05, 0) is 13.3 Å². The fourth-order valence-electron chi connectivity index (χ4n) is 2.12. The molecule has 2 amide bonds. The van der Waals surface area contributed by atoms with E-state index < -0.39 is 10.0 Å². The van der Waals surface area contributed by atoms with Crippen molar-refractivity contribution >= 4 is 16.1 Å². The summed E-state index contributed by atoms with van der Waals surface area (Å²) in [5, 5.41) is 2.81. The Morgan fingerprint density at radius 3 is 2.85 bits per heavy atom. The summed E-state index contributed by atoms with van der Waals surface area (Å²) in [6.07, 6.45) is 3.25. The third-order valence-electron chi connectivity index (χ3n) is 3.16. The molecule has 1 saturated heterocycles. The van der Waals surface area contributed by atoms with Crippen LogP contribution in [0.3, 0.4) is 0 Å². The van der Waals surface area contributed by atoms with Crippen molar-refractivity contribution in [2.45, 2.75) is 18.4 Å². The summed E-state index contributed by atoms with van der Waals surface area (Å²) in [4.78, 5) is 19.8. The highest BCUT2D eigenvalue weighted by Gasteiger charge is 2.28. The molecule has 112 valence electrons. The first-order valence-corrected chi connectivity index (χ1v) is 8.01. The number of H-pyrrole nitrogens is 1. The van der Waals surface area contributed by atoms with E-state index in [2.05, 4.69) is 15.3 Å². The van der Waals surface area contributed by atoms with E-state index in [0.717, 1.165) is 0 Å². The number of nitrogens with one attached hydrogen (secondary N) is 2. The number of hydrogen-bond donors (Lipinski definition) is 2. The molecule has 1 aromatic rings. The van der Waals surface area contributed by atoms with Gasteiger partial charge >= 0.3 is 6.03 Å². The summed E-state index contributed by atoms with van der Waals surface area (Å²) in [6, 6.07) is -0.145. The number of urea groups is 1. The molecule has 1 aliphatic heterocycles. The van der Waals surface area contributed by atoms with Gasteiger partial charge in [0.05, 0.1) is 12.5 Å². The number of rotatable bonds is 3. The Balaban J connectivity index is 2.05. The van der Waals surface area contributed by atoms with E-state index in [9.17, 15) is 13.2 Å². The lowest BCUT2D eigenvalue weighted by Crippen LogP contribution is -2.42. The largest absolute Gasteiger partial charge is 0.338 e. The van der Waals surface area contributed by atoms with Crippen LogP contribution in [0.4, 0.5) is 4.79 Å². The second kappa shape index (κ2) is 6.23. The molecule has 2 heterocycles. The average Bonchev–Trinajstić information content (AvgIpc) is 2.84. The number of amides is 2. The maximum atomic E-state index is 12.3. The summed E-state index contributed by atoms with van der Waals surface area (Å²) < 4.78 is 26.1. The molecule has 20 heavy (non-hydrogen) atoms. The molecule has 8 nitrogen and oxygen atoms in total. The van der Waals surface area contributed by atoms with Gasteiger partial charge in [-0.15, -0.1) is 0 Å². The lowest BCUT2D eigenvalue weighted by molar-refractivity contribution is 0.201. The van der Waals surface area contributed by atoms with Gasteiger partial charge in [-0.25, -0.2) is 18.2 Å². The van der Waals surface area contributed by atoms with E-state index in [-0.39, 0.29) is 11.1 Å². The topological polar surface area (TPSA) is 98.4 Å². The molecule has 0 bridgehead atoms. The molecule has 2 rings (SSSR count). The van der Waals surface area contributed by atoms with Crippen LogP contribution in [-0.4, -0.2) is 66.3 Å². The highest BCUT2D eigenvalue weighted by Crippen LogP contribution is 2.15. The Bertz CT molecular complexity index is 542. The third kappa shape index (κ3) is 3.10. The summed E-state index contributed by atoms with van der Waals surface area (Å²) in [5.74, 6) is 0. The van der Waals surface area contributed by atoms with Gasteiger partial charge in [0.15, 0.2) is 5.03 Å². The maximum absolute atomic E-state index is 12.3. The lowest BCUT2D eigenvalue weighted by atomic mass is 10.4. The van der Waals surface area contributed by atoms with Gasteiger partial charge < -0.3 is 15.2 Å². The van der Waals surface area contributed by atoms with Gasteiger partial charge in [-0.3, -0.25) is 0 Å². The number of imidazole rings is 1. The molecule has 0 aromatic carbocycles. The van der Waals surface area contributed by atoms with Crippen molar-refractivity contribution in [1.29, 1.82) is 0 Å². The maximum Gasteiger partial charge on any atom is 0.317 e. The lowest BCUT2D eigenvalue weighted by Gasteiger charge is -2.21. The minimum absolute atomic E-state index is 0.0870. The van der Waals surface area contributed by atoms with Crippen molar-refractivity contribution in [3.63, 3.8) is 0 Å². The van der Waals surface area contributed by atoms with Crippen LogP contribution < -0.4 is 5.32 Å². The highest BCUT2D eigenvalue weighted by atomic mass is 32.2. The van der Waals surface area contributed by atoms with Gasteiger partial charge in [-0.1, -0.05) is 0 Å². The van der Waals surface area contributed by atoms with E-state index in [1.807, 2.05) is 6.92 Å². The van der Waals surface area contributed by atoms with Crippen LogP contribution in [0.1, 0.15) is 13.3 Å². The van der Waals surface area contributed by atoms with Crippen LogP contribution in [0, 0.1) is 0 Å². The molecule has 0 unspecified atom stereocenters. The number of aromatic amines is 1. The van der Waals surface area contributed by atoms with E-state index >= 15 is 0 Å². The van der Waals surface area contributed by atoms with Crippen molar-refractivity contribution in [3.8, 4) is 0 Å². The van der Waals surface area contributed by atoms with Crippen LogP contribution in [0.15, 0.2) is 17.6 Å². The average molecular weight is 301 g/mol. The van der Waals surface area contributed by atoms with Gasteiger partial charge in [0.25, 0.3) is 10.0 Å². The minimum Gasteiger partial charge on any atom is -0.338 e. The Kier molecular flexibility index (Phi) is 4.61. The van der Waals surface area contributed by atoms with Crippen molar-refractivity contribution in [2.24, 2.45) is 0 Å². The number of sulfonamides is 1. The Morgan fingerprint density at radius 1 is 1.40 bits per heavy atom. The predicted molar refractivity (Wildman–Crippen MR) is 72.6 cm³/mol. The quantitative estimate of drug-likeness (QED) is 0.810. The molecule has 1 fully saturated rings. The molecular formula is C11H19N5O3S. The predicted octanol–water partition coefficient (Wildman–Crippen LogP) is -0.164. The fourth-order valence-corrected chi connectivity index (χ4v) is 3.49. The number of aromatic nitrogens is 2. The Labute approximate surface area is 118 Å². The fraction of sp³-hybridized carbons (Fsp3) is 0.636. The number of carbonyl (C=O) groups is 1. The summed E-state index contributed by atoms with van der Waals surface area (Å²) in [6.45, 7) is 4.05. The smallest absolute Gasteiger partial charge is 0.317 e. The van der Waals surface area contributed by atoms with E-state index in [0.29, 0.717) is 39.1 Å². The second-order valence-corrected chi connectivity index (χ2v) is 6.40. The van der Waals surface area contributed by atoms with E-state index in [1.165, 1.54) is 16.8 Å². The molecule has 0 radical (unpaired) electrons. The molecule has 1 aliphatic rings. The summed E-state index contributed by atoms with van der Waals surface area (Å²) in [7, 11) is -3.55. The van der Waals surface area contributed by atoms with Crippen molar-refractivity contribution in [3.05, 3.63) is 12.5 Å². The molecule has 2 N–H and O–H groups in total. The minimum atomic E-state index is -3.55. The molecule has 9 heteroatoms. The third-order valence-corrected chi connectivity index (χ3v) is 4.99. The number of hydrogen-bond acceptors (Lipinski definition) is 4. The zero-order valence-corrected chi connectivity index (χ0v) is 12.2. The molecule has 0 spiro atoms. The van der Waals surface area contributed by atoms with Crippen LogP contribution >= 0.6 is 0 Å². The number of nitrogens with zero attached hydrogens (tertiary/aromatic N) is 3. The molecule has 0 saturated carbocycles. The summed E-state index contributed by atoms with van der Waals surface area (Å²) >= 11 is 0. The van der Waals surface area contributed by atoms with Crippen molar-refractivity contribution in [1.82, 2.24) is 24.5 Å². The first kappa shape index (κ1) is 14.8. The standard InChI is InChI=1S/C11H19N5O3S/c1-2-13-11(17)15-4-3-5-16(7-6-15)20(18,19)10-8-12-9-14-10/h8-9H,2-7H2,1H3,(H,12,14)(H,13,17). The first-order chi connectivity index (χ1) is 9.55. The van der Waals surface area contributed by atoms with Gasteiger partial charge in [-0.2, -0.15) is 4.31 Å². The molecule has 0 atom stereocenters. The van der Waals surface area contributed by atoms with E-state index in [4.69, 9.17) is 0 Å². The van der Waals surface area contributed by atoms with Crippen LogP contribution in [0.5, 0.6) is 0 Å². The van der Waals surface area contributed by atoms with Crippen molar-refractivity contribution in [2.75, 3.05) is 32.7 Å². The SMILES string of the molecule is CCNC(=O)N1CCCN(S(=O)(=O)c2cnc[nH]2)CC1. The van der Waals surface area contributed by atoms with Gasteiger partial charge in [0.1, 0.15) is 0 Å². The zero-order chi connectivity index (χ0) is 14.6.